The third-order valence-electron chi connectivity index (χ3n) is 3.04. The molecule has 0 heterocycles. The van der Waals surface area contributed by atoms with E-state index in [4.69, 9.17) is 27.1 Å². The lowest BCUT2D eigenvalue weighted by Crippen LogP contribution is -2.52. The highest BCUT2D eigenvalue weighted by atomic mass is 16.4. The van der Waals surface area contributed by atoms with Crippen molar-refractivity contribution >= 4 is 29.7 Å². The molecule has 0 unspecified atom stereocenters. The molecule has 0 aromatic carbocycles. The Labute approximate surface area is 143 Å². The lowest BCUT2D eigenvalue weighted by atomic mass is 10.1. The fourth-order valence-corrected chi connectivity index (χ4v) is 1.78. The number of nitrogens with one attached hydrogen (secondary N) is 4. The van der Waals surface area contributed by atoms with Crippen LogP contribution < -0.4 is 27.4 Å². The van der Waals surface area contributed by atoms with Crippen molar-refractivity contribution < 1.29 is 29.4 Å². The monoisotopic (exact) mass is 360 g/mol. The average molecular weight is 360 g/mol. The molecule has 0 saturated carbocycles. The van der Waals surface area contributed by atoms with Gasteiger partial charge in [0.05, 0.1) is 6.04 Å². The second-order valence-electron chi connectivity index (χ2n) is 5.19. The van der Waals surface area contributed by atoms with Gasteiger partial charge in [-0.1, -0.05) is 0 Å². The minimum Gasteiger partial charge on any atom is -0.481 e. The van der Waals surface area contributed by atoms with Crippen molar-refractivity contribution in [3.8, 4) is 0 Å². The Balaban J connectivity index is 4.55. The molecule has 0 saturated heterocycles. The normalized spacial score (nSPS) is 12.5. The number of carboxylic acids is 2. The third-order valence-corrected chi connectivity index (χ3v) is 3.04. The minimum atomic E-state index is -1.27. The van der Waals surface area contributed by atoms with Gasteiger partial charge < -0.3 is 37.6 Å². The number of hydrogen-bond acceptors (Lipinski definition) is 6. The van der Waals surface area contributed by atoms with E-state index in [9.17, 15) is 19.2 Å². The lowest BCUT2D eigenvalue weighted by molar-refractivity contribution is -0.140. The van der Waals surface area contributed by atoms with E-state index in [0.29, 0.717) is 13.0 Å². The van der Waals surface area contributed by atoms with Gasteiger partial charge in [-0.05, 0) is 19.3 Å². The van der Waals surface area contributed by atoms with Gasteiger partial charge in [0.1, 0.15) is 12.6 Å². The number of carboxylic acid groups (broad SMARTS) is 2. The van der Waals surface area contributed by atoms with Crippen LogP contribution in [0.3, 0.4) is 0 Å². The Morgan fingerprint density at radius 2 is 1.64 bits per heavy atom. The fraction of sp³-hybridized carbons (Fsp3) is 0.615. The van der Waals surface area contributed by atoms with Crippen LogP contribution in [0, 0.1) is 5.41 Å². The fourth-order valence-electron chi connectivity index (χ4n) is 1.78. The molecule has 0 aliphatic rings. The highest BCUT2D eigenvalue weighted by molar-refractivity contribution is 5.91. The molecule has 0 fully saturated rings. The van der Waals surface area contributed by atoms with Crippen LogP contribution in [0.15, 0.2) is 0 Å². The van der Waals surface area contributed by atoms with Gasteiger partial charge >= 0.3 is 11.9 Å². The summed E-state index contributed by atoms with van der Waals surface area (Å²) in [7, 11) is 0. The van der Waals surface area contributed by atoms with Crippen molar-refractivity contribution in [3.05, 3.63) is 0 Å². The summed E-state index contributed by atoms with van der Waals surface area (Å²) < 4.78 is 0. The zero-order valence-corrected chi connectivity index (χ0v) is 13.6. The number of aliphatic carboxylic acids is 2. The summed E-state index contributed by atoms with van der Waals surface area (Å²) in [4.78, 5) is 45.0. The van der Waals surface area contributed by atoms with Crippen LogP contribution in [0.25, 0.3) is 0 Å². The maximum absolute atomic E-state index is 12.0. The van der Waals surface area contributed by atoms with E-state index in [1.165, 1.54) is 0 Å². The molecular weight excluding hydrogens is 336 g/mol. The van der Waals surface area contributed by atoms with Gasteiger partial charge in [0, 0.05) is 13.0 Å². The Bertz CT molecular complexity index is 511. The molecule has 12 nitrogen and oxygen atoms in total. The number of carbonyl (C=O) groups is 4. The number of guanidine groups is 1. The molecule has 0 aromatic rings. The summed E-state index contributed by atoms with van der Waals surface area (Å²) in [5.41, 5.74) is 10.8. The van der Waals surface area contributed by atoms with E-state index in [1.54, 1.807) is 0 Å². The van der Waals surface area contributed by atoms with Crippen molar-refractivity contribution in [1.29, 1.82) is 5.41 Å². The first-order chi connectivity index (χ1) is 11.6. The number of rotatable bonds is 12. The first-order valence-corrected chi connectivity index (χ1v) is 7.48. The maximum Gasteiger partial charge on any atom is 0.322 e. The Morgan fingerprint density at radius 3 is 2.16 bits per heavy atom. The molecule has 25 heavy (non-hydrogen) atoms. The Hall–Kier alpha value is -2.89. The van der Waals surface area contributed by atoms with E-state index < -0.39 is 42.4 Å². The molecule has 0 aliphatic heterocycles. The first kappa shape index (κ1) is 22.1. The molecule has 0 spiro atoms. The predicted molar refractivity (Wildman–Crippen MR) is 86.6 cm³/mol. The Morgan fingerprint density at radius 1 is 1.00 bits per heavy atom. The highest BCUT2D eigenvalue weighted by Crippen LogP contribution is 2.01. The van der Waals surface area contributed by atoms with Crippen LogP contribution in [0.5, 0.6) is 0 Å². The van der Waals surface area contributed by atoms with Gasteiger partial charge in [0.2, 0.25) is 11.8 Å². The SMILES string of the molecule is N=C(N)NCCC[C@H](N)C(=O)N[C@@H](CCC(=O)O)C(=O)NCC(=O)O. The summed E-state index contributed by atoms with van der Waals surface area (Å²) in [6.07, 6.45) is 0.0992. The molecule has 10 N–H and O–H groups in total. The highest BCUT2D eigenvalue weighted by Gasteiger charge is 2.24. The van der Waals surface area contributed by atoms with Crippen molar-refractivity contribution in [2.75, 3.05) is 13.1 Å². The van der Waals surface area contributed by atoms with Crippen LogP contribution in [0.2, 0.25) is 0 Å². The zero-order valence-electron chi connectivity index (χ0n) is 13.6. The van der Waals surface area contributed by atoms with E-state index in [0.717, 1.165) is 0 Å². The second-order valence-corrected chi connectivity index (χ2v) is 5.19. The number of nitrogens with two attached hydrogens (primary N) is 2. The van der Waals surface area contributed by atoms with E-state index >= 15 is 0 Å². The van der Waals surface area contributed by atoms with E-state index in [-0.39, 0.29) is 25.2 Å². The second kappa shape index (κ2) is 11.6. The van der Waals surface area contributed by atoms with Crippen LogP contribution in [-0.2, 0) is 19.2 Å². The number of amides is 2. The lowest BCUT2D eigenvalue weighted by Gasteiger charge is -2.20. The van der Waals surface area contributed by atoms with Gasteiger partial charge in [-0.2, -0.15) is 0 Å². The zero-order chi connectivity index (χ0) is 19.4. The van der Waals surface area contributed by atoms with Crippen molar-refractivity contribution in [1.82, 2.24) is 16.0 Å². The smallest absolute Gasteiger partial charge is 0.322 e. The topological polar surface area (TPSA) is 221 Å². The molecular formula is C13H24N6O6. The summed E-state index contributed by atoms with van der Waals surface area (Å²) in [5.74, 6) is -4.11. The van der Waals surface area contributed by atoms with E-state index in [1.807, 2.05) is 0 Å². The van der Waals surface area contributed by atoms with Gasteiger partial charge in [0.15, 0.2) is 5.96 Å². The summed E-state index contributed by atoms with van der Waals surface area (Å²) >= 11 is 0. The summed E-state index contributed by atoms with van der Waals surface area (Å²) in [6.45, 7) is -0.307. The average Bonchev–Trinajstić information content (AvgIpc) is 2.52. The molecule has 0 radical (unpaired) electrons. The maximum atomic E-state index is 12.0. The van der Waals surface area contributed by atoms with Crippen molar-refractivity contribution in [3.63, 3.8) is 0 Å². The first-order valence-electron chi connectivity index (χ1n) is 7.48. The molecule has 0 aromatic heterocycles. The van der Waals surface area contributed by atoms with Crippen molar-refractivity contribution in [2.24, 2.45) is 11.5 Å². The van der Waals surface area contributed by atoms with Gasteiger partial charge in [-0.15, -0.1) is 0 Å². The van der Waals surface area contributed by atoms with Gasteiger partial charge in [-0.25, -0.2) is 0 Å². The molecule has 2 atom stereocenters. The molecule has 12 heteroatoms. The number of hydrogen-bond donors (Lipinski definition) is 8. The van der Waals surface area contributed by atoms with Crippen molar-refractivity contribution in [2.45, 2.75) is 37.8 Å². The largest absolute Gasteiger partial charge is 0.481 e. The van der Waals surface area contributed by atoms with Crippen LogP contribution >= 0.6 is 0 Å². The van der Waals surface area contributed by atoms with Crippen LogP contribution in [0.1, 0.15) is 25.7 Å². The number of carbonyl (C=O) groups excluding carboxylic acids is 2. The predicted octanol–water partition coefficient (Wildman–Crippen LogP) is -2.87. The molecule has 0 aliphatic carbocycles. The molecule has 2 amide bonds. The van der Waals surface area contributed by atoms with Gasteiger partial charge in [0.25, 0.3) is 0 Å². The van der Waals surface area contributed by atoms with Crippen LogP contribution in [-0.4, -0.2) is 65.1 Å². The quantitative estimate of drug-likeness (QED) is 0.102. The van der Waals surface area contributed by atoms with E-state index in [2.05, 4.69) is 16.0 Å². The summed E-state index contributed by atoms with van der Waals surface area (Å²) in [6, 6.07) is -2.15. The van der Waals surface area contributed by atoms with Gasteiger partial charge in [-0.3, -0.25) is 24.6 Å². The molecule has 142 valence electrons. The molecule has 0 rings (SSSR count). The third kappa shape index (κ3) is 11.3. The Kier molecular flexibility index (Phi) is 10.3. The standard InChI is InChI=1S/C13H24N6O6/c14-7(2-1-5-17-13(15)16)11(24)19-8(3-4-9(20)21)12(25)18-6-10(22)23/h7-8H,1-6,14H2,(H,18,25)(H,19,24)(H,20,21)(H,22,23)(H4,15,16,17)/t7-,8-/m0/s1. The molecule has 0 bridgehead atoms. The minimum absolute atomic E-state index is 0.203. The van der Waals surface area contributed by atoms with Crippen LogP contribution in [0.4, 0.5) is 0 Å². The summed E-state index contributed by atoms with van der Waals surface area (Å²) in [5, 5.41) is 31.2.